The zero-order chi connectivity index (χ0) is 16.3. The Hall–Kier alpha value is -2.17. The summed E-state index contributed by atoms with van der Waals surface area (Å²) in [6.45, 7) is 7.61. The van der Waals surface area contributed by atoms with Crippen LogP contribution < -0.4 is 0 Å². The quantitative estimate of drug-likeness (QED) is 0.807. The first-order valence-electron chi connectivity index (χ1n) is 7.42. The molecule has 1 heterocycles. The zero-order valence-corrected chi connectivity index (χ0v) is 13.5. The van der Waals surface area contributed by atoms with Gasteiger partial charge in [-0.1, -0.05) is 37.3 Å². The van der Waals surface area contributed by atoms with Gasteiger partial charge in [-0.2, -0.15) is 5.10 Å². The van der Waals surface area contributed by atoms with Gasteiger partial charge in [0.05, 0.1) is 6.54 Å². The van der Waals surface area contributed by atoms with Crippen molar-refractivity contribution in [1.29, 1.82) is 0 Å². The van der Waals surface area contributed by atoms with E-state index < -0.39 is 11.6 Å². The van der Waals surface area contributed by atoms with E-state index in [1.807, 2.05) is 58.0 Å². The summed E-state index contributed by atoms with van der Waals surface area (Å²) < 4.78 is 5.37. The van der Waals surface area contributed by atoms with E-state index in [0.29, 0.717) is 12.3 Å². The minimum Gasteiger partial charge on any atom is -0.455 e. The largest absolute Gasteiger partial charge is 0.455 e. The van der Waals surface area contributed by atoms with Crippen molar-refractivity contribution < 1.29 is 14.3 Å². The molecule has 5 heteroatoms. The summed E-state index contributed by atoms with van der Waals surface area (Å²) in [7, 11) is 0. The Labute approximate surface area is 131 Å². The second-order valence-corrected chi connectivity index (χ2v) is 6.53. The van der Waals surface area contributed by atoms with E-state index in [1.165, 1.54) is 5.01 Å². The third-order valence-corrected chi connectivity index (χ3v) is 3.25. The van der Waals surface area contributed by atoms with Crippen molar-refractivity contribution >= 4 is 17.6 Å². The van der Waals surface area contributed by atoms with Crippen LogP contribution in [0.1, 0.15) is 39.7 Å². The molecule has 0 saturated carbocycles. The molecular formula is C17H22N2O3. The maximum Gasteiger partial charge on any atom is 0.355 e. The molecule has 1 aliphatic heterocycles. The van der Waals surface area contributed by atoms with Crippen LogP contribution in [0.3, 0.4) is 0 Å². The number of hydrazone groups is 1. The Kier molecular flexibility index (Phi) is 4.64. The summed E-state index contributed by atoms with van der Waals surface area (Å²) in [5.41, 5.74) is 0.702. The normalized spacial score (nSPS) is 18.9. The van der Waals surface area contributed by atoms with Gasteiger partial charge < -0.3 is 4.74 Å². The van der Waals surface area contributed by atoms with Gasteiger partial charge in [0.15, 0.2) is 0 Å². The average molecular weight is 302 g/mol. The number of ether oxygens (including phenoxy) is 1. The van der Waals surface area contributed by atoms with Gasteiger partial charge in [-0.25, -0.2) is 9.80 Å². The fourth-order valence-electron chi connectivity index (χ4n) is 2.20. The van der Waals surface area contributed by atoms with Crippen LogP contribution in [-0.2, 0) is 20.9 Å². The van der Waals surface area contributed by atoms with E-state index in [-0.39, 0.29) is 18.2 Å². The minimum atomic E-state index is -0.578. The monoisotopic (exact) mass is 302 g/mol. The lowest BCUT2D eigenvalue weighted by Gasteiger charge is -2.28. The second kappa shape index (κ2) is 6.30. The van der Waals surface area contributed by atoms with Gasteiger partial charge in [0.1, 0.15) is 11.3 Å². The molecule has 0 bridgehead atoms. The smallest absolute Gasteiger partial charge is 0.355 e. The maximum atomic E-state index is 12.2. The van der Waals surface area contributed by atoms with Gasteiger partial charge in [-0.05, 0) is 26.3 Å². The molecule has 0 unspecified atom stereocenters. The number of nitrogens with zero attached hydrogens (tertiary/aromatic N) is 2. The summed E-state index contributed by atoms with van der Waals surface area (Å²) in [5, 5.41) is 5.60. The third-order valence-electron chi connectivity index (χ3n) is 3.25. The van der Waals surface area contributed by atoms with Crippen molar-refractivity contribution in [3.8, 4) is 0 Å². The first-order valence-corrected chi connectivity index (χ1v) is 7.42. The molecule has 2 rings (SSSR count). The Morgan fingerprint density at radius 1 is 1.32 bits per heavy atom. The molecule has 0 saturated heterocycles. The van der Waals surface area contributed by atoms with Gasteiger partial charge in [0.2, 0.25) is 5.91 Å². The van der Waals surface area contributed by atoms with Gasteiger partial charge >= 0.3 is 5.97 Å². The van der Waals surface area contributed by atoms with E-state index in [9.17, 15) is 9.59 Å². The number of hydrogen-bond donors (Lipinski definition) is 0. The molecule has 1 amide bonds. The van der Waals surface area contributed by atoms with Gasteiger partial charge in [-0.15, -0.1) is 0 Å². The van der Waals surface area contributed by atoms with Crippen LogP contribution in [0.4, 0.5) is 0 Å². The van der Waals surface area contributed by atoms with E-state index in [4.69, 9.17) is 4.74 Å². The number of hydrogen-bond acceptors (Lipinski definition) is 4. The highest BCUT2D eigenvalue weighted by Gasteiger charge is 2.33. The van der Waals surface area contributed by atoms with E-state index in [2.05, 4.69) is 5.10 Å². The van der Waals surface area contributed by atoms with Crippen LogP contribution in [0.5, 0.6) is 0 Å². The van der Waals surface area contributed by atoms with E-state index in [0.717, 1.165) is 5.56 Å². The van der Waals surface area contributed by atoms with Crippen molar-refractivity contribution in [2.75, 3.05) is 0 Å². The SMILES string of the molecule is C[C@H]1CC(=O)N(Cc2ccccc2)N=C1C(=O)OC(C)(C)C. The van der Waals surface area contributed by atoms with Crippen molar-refractivity contribution in [1.82, 2.24) is 5.01 Å². The summed E-state index contributed by atoms with van der Waals surface area (Å²) in [6, 6.07) is 9.58. The fraction of sp³-hybridized carbons (Fsp3) is 0.471. The van der Waals surface area contributed by atoms with Crippen molar-refractivity contribution in [2.45, 2.75) is 46.3 Å². The van der Waals surface area contributed by atoms with Crippen LogP contribution in [-0.4, -0.2) is 28.2 Å². The lowest BCUT2D eigenvalue weighted by molar-refractivity contribution is -0.147. The molecule has 1 atom stereocenters. The Morgan fingerprint density at radius 3 is 2.55 bits per heavy atom. The van der Waals surface area contributed by atoms with Gasteiger partial charge in [0.25, 0.3) is 0 Å². The molecule has 0 N–H and O–H groups in total. The fourth-order valence-corrected chi connectivity index (χ4v) is 2.20. The average Bonchev–Trinajstić information content (AvgIpc) is 2.41. The number of carbonyl (C=O) groups is 2. The predicted octanol–water partition coefficient (Wildman–Crippen LogP) is 2.75. The van der Waals surface area contributed by atoms with E-state index in [1.54, 1.807) is 0 Å². The molecule has 1 aromatic rings. The third kappa shape index (κ3) is 4.16. The number of esters is 1. The minimum absolute atomic E-state index is 0.0799. The topological polar surface area (TPSA) is 59.0 Å². The van der Waals surface area contributed by atoms with Crippen LogP contribution in [0, 0.1) is 5.92 Å². The Balaban J connectivity index is 2.19. The number of amides is 1. The Morgan fingerprint density at radius 2 is 1.95 bits per heavy atom. The highest BCUT2D eigenvalue weighted by Crippen LogP contribution is 2.20. The van der Waals surface area contributed by atoms with E-state index >= 15 is 0 Å². The highest BCUT2D eigenvalue weighted by atomic mass is 16.6. The van der Waals surface area contributed by atoms with Crippen LogP contribution in [0.2, 0.25) is 0 Å². The molecule has 1 aromatic carbocycles. The molecule has 22 heavy (non-hydrogen) atoms. The summed E-state index contributed by atoms with van der Waals surface area (Å²) in [5.74, 6) is -0.761. The first kappa shape index (κ1) is 16.2. The lowest BCUT2D eigenvalue weighted by atomic mass is 9.99. The molecule has 5 nitrogen and oxygen atoms in total. The lowest BCUT2D eigenvalue weighted by Crippen LogP contribution is -2.41. The molecule has 1 aliphatic rings. The van der Waals surface area contributed by atoms with Gasteiger partial charge in [0, 0.05) is 12.3 Å². The molecule has 118 valence electrons. The summed E-state index contributed by atoms with van der Waals surface area (Å²) in [6.07, 6.45) is 0.269. The predicted molar refractivity (Wildman–Crippen MR) is 84.1 cm³/mol. The van der Waals surface area contributed by atoms with Crippen molar-refractivity contribution in [2.24, 2.45) is 11.0 Å². The zero-order valence-electron chi connectivity index (χ0n) is 13.5. The summed E-state index contributed by atoms with van der Waals surface area (Å²) >= 11 is 0. The number of benzene rings is 1. The number of rotatable bonds is 3. The van der Waals surface area contributed by atoms with Crippen LogP contribution >= 0.6 is 0 Å². The molecule has 0 spiro atoms. The number of carbonyl (C=O) groups excluding carboxylic acids is 2. The molecule has 0 radical (unpaired) electrons. The Bertz CT molecular complexity index is 588. The van der Waals surface area contributed by atoms with Crippen LogP contribution in [0.15, 0.2) is 35.4 Å². The van der Waals surface area contributed by atoms with Crippen molar-refractivity contribution in [3.63, 3.8) is 0 Å². The van der Waals surface area contributed by atoms with Gasteiger partial charge in [-0.3, -0.25) is 4.79 Å². The van der Waals surface area contributed by atoms with Crippen LogP contribution in [0.25, 0.3) is 0 Å². The maximum absolute atomic E-state index is 12.2. The molecule has 0 aliphatic carbocycles. The molecule has 0 fully saturated rings. The summed E-state index contributed by atoms with van der Waals surface area (Å²) in [4.78, 5) is 24.4. The second-order valence-electron chi connectivity index (χ2n) is 6.53. The first-order chi connectivity index (χ1) is 10.3. The molecular weight excluding hydrogens is 280 g/mol. The standard InChI is InChI=1S/C17H22N2O3/c1-12-10-14(20)19(11-13-8-6-5-7-9-13)18-15(12)16(21)22-17(2,3)4/h5-9,12H,10-11H2,1-4H3/t12-/m0/s1. The highest BCUT2D eigenvalue weighted by molar-refractivity contribution is 6.38. The molecule has 0 aromatic heterocycles. The van der Waals surface area contributed by atoms with Crippen molar-refractivity contribution in [3.05, 3.63) is 35.9 Å².